The van der Waals surface area contributed by atoms with Crippen molar-refractivity contribution in [3.63, 3.8) is 0 Å². The SMILES string of the molecule is CC1(CO)CC2=CC(=O)CC[C@@H]2[C@H]2CC[C@]3(C)CCC[C@H]3[C@@H]21. The van der Waals surface area contributed by atoms with Gasteiger partial charge in [0.15, 0.2) is 5.78 Å². The van der Waals surface area contributed by atoms with E-state index in [-0.39, 0.29) is 12.0 Å². The topological polar surface area (TPSA) is 37.3 Å². The highest BCUT2D eigenvalue weighted by Gasteiger charge is 2.58. The average Bonchev–Trinajstić information content (AvgIpc) is 2.88. The molecule has 0 aromatic carbocycles. The minimum Gasteiger partial charge on any atom is -0.396 e. The highest BCUT2D eigenvalue weighted by molar-refractivity contribution is 5.91. The zero-order valence-corrected chi connectivity index (χ0v) is 14.1. The van der Waals surface area contributed by atoms with Crippen LogP contribution in [0.2, 0.25) is 0 Å². The van der Waals surface area contributed by atoms with E-state index in [0.717, 1.165) is 25.2 Å². The van der Waals surface area contributed by atoms with Crippen LogP contribution in [0.3, 0.4) is 0 Å². The summed E-state index contributed by atoms with van der Waals surface area (Å²) in [5.74, 6) is 3.11. The van der Waals surface area contributed by atoms with E-state index in [1.54, 1.807) is 0 Å². The van der Waals surface area contributed by atoms with E-state index in [1.165, 1.54) is 37.7 Å². The van der Waals surface area contributed by atoms with E-state index in [0.29, 0.717) is 29.0 Å². The van der Waals surface area contributed by atoms with Gasteiger partial charge in [-0.15, -0.1) is 0 Å². The van der Waals surface area contributed by atoms with Gasteiger partial charge in [-0.3, -0.25) is 4.79 Å². The molecule has 0 aliphatic heterocycles. The summed E-state index contributed by atoms with van der Waals surface area (Å²) >= 11 is 0. The maximum absolute atomic E-state index is 11.9. The van der Waals surface area contributed by atoms with Gasteiger partial charge in [-0.25, -0.2) is 0 Å². The molecule has 0 heterocycles. The zero-order valence-electron chi connectivity index (χ0n) is 14.1. The minimum absolute atomic E-state index is 0.0126. The van der Waals surface area contributed by atoms with Crippen LogP contribution in [0.4, 0.5) is 0 Å². The number of aliphatic hydroxyl groups excluding tert-OH is 1. The summed E-state index contributed by atoms with van der Waals surface area (Å²) in [6.45, 7) is 5.08. The summed E-state index contributed by atoms with van der Waals surface area (Å²) in [6, 6.07) is 0. The van der Waals surface area contributed by atoms with Crippen molar-refractivity contribution >= 4 is 5.78 Å². The van der Waals surface area contributed by atoms with E-state index in [2.05, 4.69) is 13.8 Å². The second-order valence-electron chi connectivity index (χ2n) is 9.20. The summed E-state index contributed by atoms with van der Waals surface area (Å²) in [4.78, 5) is 11.9. The van der Waals surface area contributed by atoms with Crippen LogP contribution >= 0.6 is 0 Å². The van der Waals surface area contributed by atoms with Crippen molar-refractivity contribution in [2.45, 2.75) is 65.2 Å². The highest BCUT2D eigenvalue weighted by atomic mass is 16.3. The maximum atomic E-state index is 11.9. The minimum atomic E-state index is -0.0126. The van der Waals surface area contributed by atoms with Gasteiger partial charge >= 0.3 is 0 Å². The molecule has 22 heavy (non-hydrogen) atoms. The smallest absolute Gasteiger partial charge is 0.155 e. The molecule has 2 nitrogen and oxygen atoms in total. The molecular weight excluding hydrogens is 272 g/mol. The molecule has 0 radical (unpaired) electrons. The molecule has 4 aliphatic rings. The maximum Gasteiger partial charge on any atom is 0.155 e. The third-order valence-corrected chi connectivity index (χ3v) is 7.92. The van der Waals surface area contributed by atoms with E-state index >= 15 is 0 Å². The average molecular weight is 302 g/mol. The Kier molecular flexibility index (Phi) is 3.35. The lowest BCUT2D eigenvalue weighted by molar-refractivity contribution is -0.118. The van der Waals surface area contributed by atoms with Gasteiger partial charge in [-0.05, 0) is 79.1 Å². The van der Waals surface area contributed by atoms with Crippen LogP contribution in [0.25, 0.3) is 0 Å². The van der Waals surface area contributed by atoms with E-state index in [4.69, 9.17) is 0 Å². The van der Waals surface area contributed by atoms with E-state index in [9.17, 15) is 9.90 Å². The number of aliphatic hydroxyl groups is 1. The predicted octanol–water partition coefficient (Wildman–Crippen LogP) is 4.13. The summed E-state index contributed by atoms with van der Waals surface area (Å²) in [7, 11) is 0. The fourth-order valence-electron chi connectivity index (χ4n) is 6.90. The Morgan fingerprint density at radius 1 is 1.23 bits per heavy atom. The van der Waals surface area contributed by atoms with Crippen LogP contribution in [-0.2, 0) is 4.79 Å². The standard InChI is InChI=1S/C20H30O2/c1-19-8-3-4-17(19)18-16(7-9-19)15-6-5-14(22)10-13(15)11-20(18,2)12-21/h10,15-18,21H,3-9,11-12H2,1-2H3/t15-,16+,17-,18+,19-,20?/m0/s1. The van der Waals surface area contributed by atoms with Crippen molar-refractivity contribution in [1.29, 1.82) is 0 Å². The van der Waals surface area contributed by atoms with Crippen molar-refractivity contribution in [3.8, 4) is 0 Å². The lowest BCUT2D eigenvalue weighted by Crippen LogP contribution is -2.54. The monoisotopic (exact) mass is 302 g/mol. The molecule has 0 spiro atoms. The molecule has 4 aliphatic carbocycles. The third kappa shape index (κ3) is 1.99. The first-order valence-electron chi connectivity index (χ1n) is 9.31. The van der Waals surface area contributed by atoms with Gasteiger partial charge in [-0.1, -0.05) is 25.8 Å². The largest absolute Gasteiger partial charge is 0.396 e. The molecule has 0 amide bonds. The number of fused-ring (bicyclic) bond motifs is 5. The molecule has 122 valence electrons. The zero-order chi connectivity index (χ0) is 15.5. The second-order valence-corrected chi connectivity index (χ2v) is 9.20. The summed E-state index contributed by atoms with van der Waals surface area (Å²) in [5.41, 5.74) is 1.88. The summed E-state index contributed by atoms with van der Waals surface area (Å²) in [5, 5.41) is 10.2. The van der Waals surface area contributed by atoms with Crippen molar-refractivity contribution in [3.05, 3.63) is 11.6 Å². The van der Waals surface area contributed by atoms with Crippen molar-refractivity contribution in [2.75, 3.05) is 6.61 Å². The van der Waals surface area contributed by atoms with Gasteiger partial charge in [0.2, 0.25) is 0 Å². The fourth-order valence-corrected chi connectivity index (χ4v) is 6.90. The Labute approximate surface area is 134 Å². The second kappa shape index (κ2) is 4.93. The highest BCUT2D eigenvalue weighted by Crippen LogP contribution is 2.66. The molecule has 0 aromatic heterocycles. The number of allylic oxidation sites excluding steroid dienone is 1. The van der Waals surface area contributed by atoms with Crippen LogP contribution in [0.1, 0.15) is 65.2 Å². The molecular formula is C20H30O2. The van der Waals surface area contributed by atoms with Crippen LogP contribution in [0, 0.1) is 34.5 Å². The Morgan fingerprint density at radius 2 is 2.05 bits per heavy atom. The van der Waals surface area contributed by atoms with E-state index < -0.39 is 0 Å². The molecule has 0 aromatic rings. The molecule has 6 atom stereocenters. The molecule has 2 heteroatoms. The van der Waals surface area contributed by atoms with Gasteiger partial charge in [0.25, 0.3) is 0 Å². The number of ketones is 1. The normalized spacial score (nSPS) is 50.9. The lowest BCUT2D eigenvalue weighted by Gasteiger charge is -2.59. The first-order valence-corrected chi connectivity index (χ1v) is 9.31. The quantitative estimate of drug-likeness (QED) is 0.791. The summed E-state index contributed by atoms with van der Waals surface area (Å²) < 4.78 is 0. The molecule has 0 saturated heterocycles. The number of rotatable bonds is 1. The lowest BCUT2D eigenvalue weighted by atomic mass is 9.45. The fraction of sp³-hybridized carbons (Fsp3) is 0.850. The van der Waals surface area contributed by atoms with Crippen molar-refractivity contribution in [1.82, 2.24) is 0 Å². The Hall–Kier alpha value is -0.630. The van der Waals surface area contributed by atoms with Crippen LogP contribution in [0.5, 0.6) is 0 Å². The molecule has 4 rings (SSSR count). The predicted molar refractivity (Wildman–Crippen MR) is 87.3 cm³/mol. The number of carbonyl (C=O) groups excluding carboxylic acids is 1. The molecule has 1 unspecified atom stereocenters. The first kappa shape index (κ1) is 14.9. The Balaban J connectivity index is 1.76. The van der Waals surface area contributed by atoms with Crippen LogP contribution < -0.4 is 0 Å². The molecule has 1 N–H and O–H groups in total. The van der Waals surface area contributed by atoms with Crippen LogP contribution in [0.15, 0.2) is 11.6 Å². The van der Waals surface area contributed by atoms with Crippen molar-refractivity contribution < 1.29 is 9.90 Å². The third-order valence-electron chi connectivity index (χ3n) is 7.92. The first-order chi connectivity index (χ1) is 10.5. The molecule has 3 saturated carbocycles. The Bertz CT molecular complexity index is 522. The summed E-state index contributed by atoms with van der Waals surface area (Å²) in [6.07, 6.45) is 11.5. The van der Waals surface area contributed by atoms with Crippen LogP contribution in [-0.4, -0.2) is 17.5 Å². The van der Waals surface area contributed by atoms with Gasteiger partial charge in [-0.2, -0.15) is 0 Å². The van der Waals surface area contributed by atoms with Gasteiger partial charge in [0, 0.05) is 13.0 Å². The van der Waals surface area contributed by atoms with E-state index in [1.807, 2.05) is 6.08 Å². The molecule has 0 bridgehead atoms. The van der Waals surface area contributed by atoms with Crippen molar-refractivity contribution in [2.24, 2.45) is 34.5 Å². The Morgan fingerprint density at radius 3 is 2.82 bits per heavy atom. The number of hydrogen-bond donors (Lipinski definition) is 1. The number of carbonyl (C=O) groups is 1. The number of hydrogen-bond acceptors (Lipinski definition) is 2. The van der Waals surface area contributed by atoms with Gasteiger partial charge in [0.1, 0.15) is 0 Å². The van der Waals surface area contributed by atoms with Gasteiger partial charge in [0.05, 0.1) is 0 Å². The molecule has 3 fully saturated rings. The van der Waals surface area contributed by atoms with Gasteiger partial charge < -0.3 is 5.11 Å².